The number of fused-ring (bicyclic) bond motifs is 1. The number of rotatable bonds is 4. The zero-order valence-electron chi connectivity index (χ0n) is 16.5. The van der Waals surface area contributed by atoms with Crippen molar-refractivity contribution in [2.45, 2.75) is 13.0 Å². The smallest absolute Gasteiger partial charge is 0.254 e. The third-order valence-electron chi connectivity index (χ3n) is 5.21. The Labute approximate surface area is 168 Å². The van der Waals surface area contributed by atoms with Crippen molar-refractivity contribution in [1.29, 1.82) is 0 Å². The van der Waals surface area contributed by atoms with E-state index in [-0.39, 0.29) is 18.6 Å². The number of carbonyl (C=O) groups excluding carboxylic acids is 2. The van der Waals surface area contributed by atoms with Gasteiger partial charge in [0.25, 0.3) is 5.91 Å². The van der Waals surface area contributed by atoms with E-state index in [2.05, 4.69) is 0 Å². The molecule has 1 unspecified atom stereocenters. The Bertz CT molecular complexity index is 960. The topological polar surface area (TPSA) is 77.5 Å². The summed E-state index contributed by atoms with van der Waals surface area (Å²) in [6, 6.07) is 9.73. The molecule has 2 aliphatic heterocycles. The zero-order chi connectivity index (χ0) is 20.5. The molecule has 1 fully saturated rings. The van der Waals surface area contributed by atoms with Crippen LogP contribution in [-0.4, -0.2) is 56.9 Å². The van der Waals surface area contributed by atoms with Gasteiger partial charge in [-0.25, -0.2) is 0 Å². The number of amides is 2. The number of hydrogen-bond donors (Lipinski definition) is 0. The van der Waals surface area contributed by atoms with E-state index in [1.165, 1.54) is 0 Å². The molecule has 29 heavy (non-hydrogen) atoms. The van der Waals surface area contributed by atoms with E-state index < -0.39 is 6.04 Å². The van der Waals surface area contributed by atoms with Crippen LogP contribution in [0.4, 0.5) is 5.69 Å². The Balaban J connectivity index is 1.55. The van der Waals surface area contributed by atoms with E-state index in [0.29, 0.717) is 47.3 Å². The number of methoxy groups -OCH3 is 2. The van der Waals surface area contributed by atoms with Crippen LogP contribution in [0, 0.1) is 0 Å². The second-order valence-electron chi connectivity index (χ2n) is 6.77. The summed E-state index contributed by atoms with van der Waals surface area (Å²) < 4.78 is 21.3. The van der Waals surface area contributed by atoms with Crippen LogP contribution in [0.25, 0.3) is 0 Å². The van der Waals surface area contributed by atoms with Gasteiger partial charge in [-0.1, -0.05) is 0 Å². The molecule has 0 saturated carbocycles. The van der Waals surface area contributed by atoms with E-state index in [0.717, 1.165) is 0 Å². The Hall–Kier alpha value is -3.42. The number of benzene rings is 2. The molecule has 1 saturated heterocycles. The van der Waals surface area contributed by atoms with Crippen LogP contribution in [0.5, 0.6) is 23.0 Å². The van der Waals surface area contributed by atoms with Gasteiger partial charge in [-0.05, 0) is 37.3 Å². The van der Waals surface area contributed by atoms with Crippen molar-refractivity contribution in [3.05, 3.63) is 42.0 Å². The third-order valence-corrected chi connectivity index (χ3v) is 5.21. The molecule has 8 nitrogen and oxygen atoms in total. The van der Waals surface area contributed by atoms with Crippen molar-refractivity contribution >= 4 is 17.5 Å². The predicted molar refractivity (Wildman–Crippen MR) is 105 cm³/mol. The molecule has 0 N–H and O–H groups in total. The average Bonchev–Trinajstić information content (AvgIpc) is 3.22. The van der Waals surface area contributed by atoms with Crippen molar-refractivity contribution in [1.82, 2.24) is 4.90 Å². The zero-order valence-corrected chi connectivity index (χ0v) is 16.5. The van der Waals surface area contributed by atoms with Crippen molar-refractivity contribution in [2.24, 2.45) is 0 Å². The molecule has 2 aromatic rings. The van der Waals surface area contributed by atoms with Crippen molar-refractivity contribution in [2.75, 3.05) is 39.0 Å². The second kappa shape index (κ2) is 7.54. The molecule has 0 spiro atoms. The Kier molecular flexibility index (Phi) is 4.92. The summed E-state index contributed by atoms with van der Waals surface area (Å²) >= 11 is 0. The lowest BCUT2D eigenvalue weighted by molar-refractivity contribution is -0.124. The highest BCUT2D eigenvalue weighted by molar-refractivity contribution is 6.04. The van der Waals surface area contributed by atoms with Crippen molar-refractivity contribution < 1.29 is 28.5 Å². The highest BCUT2D eigenvalue weighted by Gasteiger charge is 2.36. The fourth-order valence-electron chi connectivity index (χ4n) is 3.59. The maximum absolute atomic E-state index is 13.1. The van der Waals surface area contributed by atoms with Crippen LogP contribution < -0.4 is 23.8 Å². The molecule has 2 aliphatic rings. The molecule has 0 aromatic heterocycles. The second-order valence-corrected chi connectivity index (χ2v) is 6.77. The maximum Gasteiger partial charge on any atom is 0.254 e. The van der Waals surface area contributed by atoms with Gasteiger partial charge < -0.3 is 28.7 Å². The summed E-state index contributed by atoms with van der Waals surface area (Å²) in [7, 11) is 3.12. The van der Waals surface area contributed by atoms with Crippen molar-refractivity contribution in [3.63, 3.8) is 0 Å². The van der Waals surface area contributed by atoms with Gasteiger partial charge in [0.05, 0.1) is 19.9 Å². The summed E-state index contributed by atoms with van der Waals surface area (Å²) in [5.74, 6) is 1.95. The molecule has 4 rings (SSSR count). The fourth-order valence-corrected chi connectivity index (χ4v) is 3.59. The number of hydrogen-bond acceptors (Lipinski definition) is 6. The first kappa shape index (κ1) is 18.9. The molecule has 2 aromatic carbocycles. The first-order valence-electron chi connectivity index (χ1n) is 9.27. The first-order valence-corrected chi connectivity index (χ1v) is 9.27. The SMILES string of the molecule is COc1ccc(N2CCN(C(=O)c3ccc4c(c3)OCO4)C(C)C2=O)c(OC)c1. The molecule has 1 atom stereocenters. The van der Waals surface area contributed by atoms with Crippen LogP contribution in [0.15, 0.2) is 36.4 Å². The monoisotopic (exact) mass is 398 g/mol. The number of ether oxygens (including phenoxy) is 4. The van der Waals surface area contributed by atoms with E-state index in [1.807, 2.05) is 0 Å². The number of nitrogens with zero attached hydrogens (tertiary/aromatic N) is 2. The van der Waals surface area contributed by atoms with E-state index in [9.17, 15) is 9.59 Å². The van der Waals surface area contributed by atoms with Gasteiger partial charge in [-0.3, -0.25) is 9.59 Å². The molecule has 8 heteroatoms. The molecule has 152 valence electrons. The minimum atomic E-state index is -0.617. The first-order chi connectivity index (χ1) is 14.0. The standard InChI is InChI=1S/C21H22N2O6/c1-13-20(24)23(16-6-5-15(26-2)11-18(16)27-3)9-8-22(13)21(25)14-4-7-17-19(10-14)29-12-28-17/h4-7,10-11,13H,8-9,12H2,1-3H3. The van der Waals surface area contributed by atoms with Crippen LogP contribution in [-0.2, 0) is 4.79 Å². The molecule has 0 bridgehead atoms. The minimum absolute atomic E-state index is 0.143. The van der Waals surface area contributed by atoms with Gasteiger partial charge >= 0.3 is 0 Å². The van der Waals surface area contributed by atoms with Gasteiger partial charge in [0.15, 0.2) is 11.5 Å². The van der Waals surface area contributed by atoms with Crippen LogP contribution in [0.1, 0.15) is 17.3 Å². The predicted octanol–water partition coefficient (Wildman–Crippen LogP) is 2.31. The normalized spacial score (nSPS) is 18.0. The summed E-state index contributed by atoms with van der Waals surface area (Å²) in [4.78, 5) is 29.3. The molecule has 0 radical (unpaired) electrons. The van der Waals surface area contributed by atoms with Gasteiger partial charge in [0.2, 0.25) is 12.7 Å². The molecular formula is C21H22N2O6. The summed E-state index contributed by atoms with van der Waals surface area (Å²) in [6.07, 6.45) is 0. The summed E-state index contributed by atoms with van der Waals surface area (Å²) in [5, 5.41) is 0. The number of piperazine rings is 1. The highest BCUT2D eigenvalue weighted by atomic mass is 16.7. The van der Waals surface area contributed by atoms with Crippen LogP contribution in [0.2, 0.25) is 0 Å². The van der Waals surface area contributed by atoms with Crippen LogP contribution >= 0.6 is 0 Å². The Morgan fingerprint density at radius 2 is 1.83 bits per heavy atom. The molecular weight excluding hydrogens is 376 g/mol. The van der Waals surface area contributed by atoms with E-state index >= 15 is 0 Å². The highest BCUT2D eigenvalue weighted by Crippen LogP contribution is 2.35. The molecule has 2 amide bonds. The van der Waals surface area contributed by atoms with Gasteiger partial charge in [-0.15, -0.1) is 0 Å². The Morgan fingerprint density at radius 3 is 2.59 bits per heavy atom. The molecule has 2 heterocycles. The lowest BCUT2D eigenvalue weighted by atomic mass is 10.1. The quantitative estimate of drug-likeness (QED) is 0.787. The van der Waals surface area contributed by atoms with E-state index in [4.69, 9.17) is 18.9 Å². The fraction of sp³-hybridized carbons (Fsp3) is 0.333. The maximum atomic E-state index is 13.1. The number of anilines is 1. The average molecular weight is 398 g/mol. The van der Waals surface area contributed by atoms with Gasteiger partial charge in [0.1, 0.15) is 17.5 Å². The van der Waals surface area contributed by atoms with Gasteiger partial charge in [0, 0.05) is 24.7 Å². The van der Waals surface area contributed by atoms with Crippen LogP contribution in [0.3, 0.4) is 0 Å². The Morgan fingerprint density at radius 1 is 1.03 bits per heavy atom. The lowest BCUT2D eigenvalue weighted by Gasteiger charge is -2.39. The summed E-state index contributed by atoms with van der Waals surface area (Å²) in [6.45, 7) is 2.64. The summed E-state index contributed by atoms with van der Waals surface area (Å²) in [5.41, 5.74) is 1.12. The lowest BCUT2D eigenvalue weighted by Crippen LogP contribution is -2.57. The largest absolute Gasteiger partial charge is 0.497 e. The molecule has 0 aliphatic carbocycles. The van der Waals surface area contributed by atoms with E-state index in [1.54, 1.807) is 67.3 Å². The van der Waals surface area contributed by atoms with Crippen molar-refractivity contribution in [3.8, 4) is 23.0 Å². The number of carbonyl (C=O) groups is 2. The minimum Gasteiger partial charge on any atom is -0.497 e. The van der Waals surface area contributed by atoms with Gasteiger partial charge in [-0.2, -0.15) is 0 Å². The third kappa shape index (κ3) is 3.30.